The van der Waals surface area contributed by atoms with Gasteiger partial charge in [0.2, 0.25) is 5.91 Å². The van der Waals surface area contributed by atoms with Gasteiger partial charge < -0.3 is 15.4 Å². The third kappa shape index (κ3) is 7.96. The summed E-state index contributed by atoms with van der Waals surface area (Å²) < 4.78 is 4.92. The minimum atomic E-state index is -0.539. The largest absolute Gasteiger partial charge is 0.455 e. The fraction of sp³-hybridized carbons (Fsp3) is 0.250. The van der Waals surface area contributed by atoms with E-state index >= 15 is 0 Å². The monoisotopic (exact) mass is 386 g/mol. The van der Waals surface area contributed by atoms with Crippen LogP contribution in [0.25, 0.3) is 0 Å². The molecule has 0 atom stereocenters. The average molecular weight is 386 g/mol. The maximum Gasteiger partial charge on any atom is 0.316 e. The number of benzene rings is 2. The number of anilines is 2. The van der Waals surface area contributed by atoms with Crippen LogP contribution >= 0.6 is 11.8 Å². The van der Waals surface area contributed by atoms with Crippen molar-refractivity contribution in [3.05, 3.63) is 59.7 Å². The predicted octanol–water partition coefficient (Wildman–Crippen LogP) is 3.16. The van der Waals surface area contributed by atoms with Crippen molar-refractivity contribution in [2.75, 3.05) is 28.7 Å². The van der Waals surface area contributed by atoms with E-state index in [0.717, 1.165) is 28.6 Å². The van der Waals surface area contributed by atoms with Crippen molar-refractivity contribution < 1.29 is 19.1 Å². The normalized spacial score (nSPS) is 10.1. The first-order valence-electron chi connectivity index (χ1n) is 8.39. The topological polar surface area (TPSA) is 84.5 Å². The number of rotatable bonds is 8. The SMILES string of the molecule is Cc1cccc(NC(=O)COC(=O)CSCC(=O)Nc2cccc(C)c2)c1. The highest BCUT2D eigenvalue weighted by atomic mass is 32.2. The summed E-state index contributed by atoms with van der Waals surface area (Å²) in [5.74, 6) is -1.02. The van der Waals surface area contributed by atoms with Gasteiger partial charge in [-0.3, -0.25) is 14.4 Å². The zero-order valence-electron chi connectivity index (χ0n) is 15.3. The molecule has 2 amide bonds. The summed E-state index contributed by atoms with van der Waals surface area (Å²) >= 11 is 1.13. The number of thioether (sulfide) groups is 1. The van der Waals surface area contributed by atoms with Crippen molar-refractivity contribution in [1.82, 2.24) is 0 Å². The minimum Gasteiger partial charge on any atom is -0.455 e. The molecule has 0 spiro atoms. The Labute approximate surface area is 162 Å². The summed E-state index contributed by atoms with van der Waals surface area (Å²) in [6.07, 6.45) is 0. The van der Waals surface area contributed by atoms with Crippen molar-refractivity contribution in [2.45, 2.75) is 13.8 Å². The molecule has 0 unspecified atom stereocenters. The van der Waals surface area contributed by atoms with Crippen LogP contribution in [0.5, 0.6) is 0 Å². The van der Waals surface area contributed by atoms with Gasteiger partial charge in [-0.25, -0.2) is 0 Å². The number of amides is 2. The molecule has 2 aromatic carbocycles. The Bertz CT molecular complexity index is 823. The molecule has 0 aliphatic rings. The summed E-state index contributed by atoms with van der Waals surface area (Å²) in [6.45, 7) is 3.50. The van der Waals surface area contributed by atoms with Crippen molar-refractivity contribution in [1.29, 1.82) is 0 Å². The second kappa shape index (κ2) is 10.4. The molecule has 2 aromatic rings. The Balaban J connectivity index is 1.63. The lowest BCUT2D eigenvalue weighted by Gasteiger charge is -2.08. The number of ether oxygens (including phenoxy) is 1. The van der Waals surface area contributed by atoms with Gasteiger partial charge in [0, 0.05) is 11.4 Å². The first-order chi connectivity index (χ1) is 12.9. The van der Waals surface area contributed by atoms with E-state index in [2.05, 4.69) is 10.6 Å². The molecule has 27 heavy (non-hydrogen) atoms. The summed E-state index contributed by atoms with van der Waals surface area (Å²) in [6, 6.07) is 14.8. The molecule has 0 aliphatic carbocycles. The first-order valence-corrected chi connectivity index (χ1v) is 9.54. The van der Waals surface area contributed by atoms with Crippen LogP contribution in [-0.2, 0) is 19.1 Å². The van der Waals surface area contributed by atoms with E-state index in [9.17, 15) is 14.4 Å². The van der Waals surface area contributed by atoms with Crippen molar-refractivity contribution >= 4 is 40.9 Å². The lowest BCUT2D eigenvalue weighted by Crippen LogP contribution is -2.22. The van der Waals surface area contributed by atoms with Gasteiger partial charge >= 0.3 is 5.97 Å². The molecule has 0 radical (unpaired) electrons. The lowest BCUT2D eigenvalue weighted by atomic mass is 10.2. The Morgan fingerprint density at radius 1 is 0.852 bits per heavy atom. The van der Waals surface area contributed by atoms with Crippen LogP contribution in [0.2, 0.25) is 0 Å². The van der Waals surface area contributed by atoms with Crippen LogP contribution < -0.4 is 10.6 Å². The average Bonchev–Trinajstić information content (AvgIpc) is 2.60. The standard InChI is InChI=1S/C20H22N2O4S/c1-14-5-3-7-16(9-14)21-18(23)11-26-20(25)13-27-12-19(24)22-17-8-4-6-15(2)10-17/h3-10H,11-13H2,1-2H3,(H,21,23)(H,22,24). The van der Waals surface area contributed by atoms with Crippen molar-refractivity contribution in [2.24, 2.45) is 0 Å². The quantitative estimate of drug-likeness (QED) is 0.681. The van der Waals surface area contributed by atoms with Crippen LogP contribution in [0.4, 0.5) is 11.4 Å². The van der Waals surface area contributed by atoms with Crippen LogP contribution in [-0.4, -0.2) is 35.9 Å². The summed E-state index contributed by atoms with van der Waals surface area (Å²) in [5.41, 5.74) is 3.44. The van der Waals surface area contributed by atoms with E-state index in [1.54, 1.807) is 12.1 Å². The smallest absolute Gasteiger partial charge is 0.316 e. The number of esters is 1. The number of hydrogen-bond donors (Lipinski definition) is 2. The lowest BCUT2D eigenvalue weighted by molar-refractivity contribution is -0.144. The maximum absolute atomic E-state index is 11.9. The second-order valence-corrected chi connectivity index (χ2v) is 6.97. The predicted molar refractivity (Wildman–Crippen MR) is 108 cm³/mol. The molecule has 142 valence electrons. The summed E-state index contributed by atoms with van der Waals surface area (Å²) in [5, 5.41) is 5.42. The maximum atomic E-state index is 11.9. The van der Waals surface area contributed by atoms with Gasteiger partial charge in [-0.2, -0.15) is 0 Å². The zero-order valence-corrected chi connectivity index (χ0v) is 16.1. The van der Waals surface area contributed by atoms with Crippen molar-refractivity contribution in [3.63, 3.8) is 0 Å². The van der Waals surface area contributed by atoms with E-state index in [1.807, 2.05) is 50.2 Å². The second-order valence-electron chi connectivity index (χ2n) is 5.99. The number of carbonyl (C=O) groups excluding carboxylic acids is 3. The molecule has 0 fully saturated rings. The van der Waals surface area contributed by atoms with Crippen LogP contribution in [0, 0.1) is 13.8 Å². The minimum absolute atomic E-state index is 0.00103. The number of hydrogen-bond acceptors (Lipinski definition) is 5. The first kappa shape index (κ1) is 20.5. The molecule has 2 rings (SSSR count). The van der Waals surface area contributed by atoms with Crippen LogP contribution in [0.15, 0.2) is 48.5 Å². The highest BCUT2D eigenvalue weighted by Gasteiger charge is 2.10. The molecular weight excluding hydrogens is 364 g/mol. The number of nitrogens with one attached hydrogen (secondary N) is 2. The highest BCUT2D eigenvalue weighted by molar-refractivity contribution is 8.00. The van der Waals surface area contributed by atoms with Gasteiger partial charge in [0.1, 0.15) is 0 Å². The van der Waals surface area contributed by atoms with E-state index in [-0.39, 0.29) is 24.0 Å². The summed E-state index contributed by atoms with van der Waals surface area (Å²) in [7, 11) is 0. The van der Waals surface area contributed by atoms with Gasteiger partial charge in [0.05, 0.1) is 11.5 Å². The molecule has 7 heteroatoms. The number of carbonyl (C=O) groups is 3. The molecular formula is C20H22N2O4S. The molecule has 2 N–H and O–H groups in total. The fourth-order valence-corrected chi connectivity index (χ4v) is 2.86. The summed E-state index contributed by atoms with van der Waals surface area (Å²) in [4.78, 5) is 35.3. The molecule has 6 nitrogen and oxygen atoms in total. The van der Waals surface area contributed by atoms with Gasteiger partial charge in [-0.05, 0) is 49.2 Å². The third-order valence-corrected chi connectivity index (χ3v) is 4.33. The van der Waals surface area contributed by atoms with Gasteiger partial charge in [0.15, 0.2) is 6.61 Å². The Morgan fingerprint density at radius 3 is 1.96 bits per heavy atom. The van der Waals surface area contributed by atoms with E-state index in [4.69, 9.17) is 4.74 Å². The Morgan fingerprint density at radius 2 is 1.41 bits per heavy atom. The van der Waals surface area contributed by atoms with Crippen LogP contribution in [0.1, 0.15) is 11.1 Å². The third-order valence-electron chi connectivity index (χ3n) is 3.42. The molecule has 0 aromatic heterocycles. The Kier molecular flexibility index (Phi) is 7.88. The van der Waals surface area contributed by atoms with Crippen LogP contribution in [0.3, 0.4) is 0 Å². The molecule has 0 heterocycles. The van der Waals surface area contributed by atoms with E-state index in [1.165, 1.54) is 0 Å². The van der Waals surface area contributed by atoms with Gasteiger partial charge in [-0.1, -0.05) is 24.3 Å². The molecule has 0 aliphatic heterocycles. The molecule has 0 bridgehead atoms. The van der Waals surface area contributed by atoms with Crippen molar-refractivity contribution in [3.8, 4) is 0 Å². The Hall–Kier alpha value is -2.80. The van der Waals surface area contributed by atoms with E-state index < -0.39 is 11.9 Å². The van der Waals surface area contributed by atoms with E-state index in [0.29, 0.717) is 5.69 Å². The molecule has 0 saturated carbocycles. The molecule has 0 saturated heterocycles. The zero-order chi connectivity index (χ0) is 19.6. The number of aryl methyl sites for hydroxylation is 2. The highest BCUT2D eigenvalue weighted by Crippen LogP contribution is 2.11. The van der Waals surface area contributed by atoms with Gasteiger partial charge in [0.25, 0.3) is 5.91 Å². The van der Waals surface area contributed by atoms with Gasteiger partial charge in [-0.15, -0.1) is 11.8 Å². The fourth-order valence-electron chi connectivity index (χ4n) is 2.25.